The molecule has 204 valence electrons. The van der Waals surface area contributed by atoms with Crippen molar-refractivity contribution in [3.63, 3.8) is 0 Å². The van der Waals surface area contributed by atoms with Gasteiger partial charge in [0.05, 0.1) is 26.4 Å². The summed E-state index contributed by atoms with van der Waals surface area (Å²) in [6.07, 6.45) is -0.507. The third-order valence-electron chi connectivity index (χ3n) is 6.66. The number of rotatable bonds is 9. The molecule has 0 saturated carbocycles. The van der Waals surface area contributed by atoms with Gasteiger partial charge in [-0.05, 0) is 73.2 Å². The minimum atomic E-state index is -0.507. The minimum absolute atomic E-state index is 0.124. The van der Waals surface area contributed by atoms with Gasteiger partial charge in [0.25, 0.3) is 5.91 Å². The van der Waals surface area contributed by atoms with Crippen molar-refractivity contribution in [1.82, 2.24) is 0 Å². The maximum absolute atomic E-state index is 13.8. The highest BCUT2D eigenvalue weighted by atomic mass is 16.5. The highest BCUT2D eigenvalue weighted by molar-refractivity contribution is 6.12. The Kier molecular flexibility index (Phi) is 7.87. The largest absolute Gasteiger partial charge is 0.497 e. The highest BCUT2D eigenvalue weighted by Gasteiger charge is 2.34. The van der Waals surface area contributed by atoms with E-state index in [2.05, 4.69) is 5.32 Å². The lowest BCUT2D eigenvalue weighted by Gasteiger charge is -2.38. The summed E-state index contributed by atoms with van der Waals surface area (Å²) in [5, 5.41) is 3.53. The van der Waals surface area contributed by atoms with Gasteiger partial charge in [0.1, 0.15) is 35.6 Å². The summed E-state index contributed by atoms with van der Waals surface area (Å²) >= 11 is 0. The van der Waals surface area contributed by atoms with E-state index in [9.17, 15) is 9.59 Å². The predicted molar refractivity (Wildman–Crippen MR) is 152 cm³/mol. The van der Waals surface area contributed by atoms with Crippen LogP contribution in [0.4, 0.5) is 11.4 Å². The first-order valence-corrected chi connectivity index (χ1v) is 12.9. The number of carbonyl (C=O) groups excluding carboxylic acids is 2. The lowest BCUT2D eigenvalue weighted by Crippen LogP contribution is -2.43. The van der Waals surface area contributed by atoms with Crippen molar-refractivity contribution in [2.75, 3.05) is 31.0 Å². The number of benzene rings is 4. The number of nitrogens with one attached hydrogen (secondary N) is 1. The highest BCUT2D eigenvalue weighted by Crippen LogP contribution is 2.38. The second-order valence-electron chi connectivity index (χ2n) is 9.04. The summed E-state index contributed by atoms with van der Waals surface area (Å²) in [6.45, 7) is 2.16. The first kappa shape index (κ1) is 26.6. The monoisotopic (exact) mass is 538 g/mol. The summed E-state index contributed by atoms with van der Waals surface area (Å²) < 4.78 is 22.2. The number of para-hydroxylation sites is 2. The molecule has 0 aromatic heterocycles. The van der Waals surface area contributed by atoms with E-state index >= 15 is 0 Å². The van der Waals surface area contributed by atoms with Gasteiger partial charge in [0, 0.05) is 16.9 Å². The molecule has 1 unspecified atom stereocenters. The molecule has 0 bridgehead atoms. The number of anilines is 2. The van der Waals surface area contributed by atoms with E-state index in [1.807, 2.05) is 66.7 Å². The van der Waals surface area contributed by atoms with E-state index in [1.54, 1.807) is 50.3 Å². The number of fused-ring (bicyclic) bond motifs is 1. The fraction of sp³-hybridized carbons (Fsp3) is 0.188. The standard InChI is InChI=1S/C32H30N2O6/c1-4-39-32(36)26-10-6-8-12-29(26)40-20-22-19-21(13-18-28(22)38-3)30-33-27-11-7-5-9-25(27)31(35)34(30)23-14-16-24(37-2)17-15-23/h5-19,30,33H,4,20H2,1-3H3. The van der Waals surface area contributed by atoms with Gasteiger partial charge in [-0.3, -0.25) is 9.69 Å². The average molecular weight is 539 g/mol. The van der Waals surface area contributed by atoms with Crippen molar-refractivity contribution >= 4 is 23.3 Å². The van der Waals surface area contributed by atoms with Gasteiger partial charge in [0.2, 0.25) is 0 Å². The van der Waals surface area contributed by atoms with Crippen molar-refractivity contribution in [3.8, 4) is 17.2 Å². The van der Waals surface area contributed by atoms with Crippen LogP contribution in [0.25, 0.3) is 0 Å². The Morgan fingerprint density at radius 3 is 2.38 bits per heavy atom. The van der Waals surface area contributed by atoms with E-state index in [4.69, 9.17) is 18.9 Å². The molecule has 1 amide bonds. The fourth-order valence-corrected chi connectivity index (χ4v) is 4.70. The maximum atomic E-state index is 13.8. The van der Waals surface area contributed by atoms with Gasteiger partial charge in [-0.1, -0.05) is 30.3 Å². The van der Waals surface area contributed by atoms with Crippen molar-refractivity contribution in [2.45, 2.75) is 19.7 Å². The van der Waals surface area contributed by atoms with Gasteiger partial charge in [-0.15, -0.1) is 0 Å². The number of methoxy groups -OCH3 is 2. The van der Waals surface area contributed by atoms with Crippen LogP contribution in [-0.4, -0.2) is 32.7 Å². The summed E-state index contributed by atoms with van der Waals surface area (Å²) in [4.78, 5) is 27.9. The zero-order chi connectivity index (χ0) is 28.1. The average Bonchev–Trinajstić information content (AvgIpc) is 3.00. The molecule has 4 aromatic rings. The van der Waals surface area contributed by atoms with Crippen LogP contribution in [0.5, 0.6) is 17.2 Å². The van der Waals surface area contributed by atoms with E-state index in [1.165, 1.54) is 0 Å². The van der Waals surface area contributed by atoms with Crippen LogP contribution in [0, 0.1) is 0 Å². The summed E-state index contributed by atoms with van der Waals surface area (Å²) in [7, 11) is 3.20. The van der Waals surface area contributed by atoms with E-state index < -0.39 is 12.1 Å². The Morgan fingerprint density at radius 1 is 0.875 bits per heavy atom. The molecule has 1 aliphatic heterocycles. The fourth-order valence-electron chi connectivity index (χ4n) is 4.70. The number of ether oxygens (including phenoxy) is 4. The molecule has 0 aliphatic carbocycles. The van der Waals surface area contributed by atoms with Crippen LogP contribution in [0.15, 0.2) is 91.0 Å². The van der Waals surface area contributed by atoms with Crippen LogP contribution >= 0.6 is 0 Å². The van der Waals surface area contributed by atoms with Crippen molar-refractivity contribution in [2.24, 2.45) is 0 Å². The molecule has 4 aromatic carbocycles. The van der Waals surface area contributed by atoms with Crippen LogP contribution in [0.3, 0.4) is 0 Å². The number of carbonyl (C=O) groups is 2. The molecule has 8 heteroatoms. The van der Waals surface area contributed by atoms with Gasteiger partial charge >= 0.3 is 5.97 Å². The normalized spacial score (nSPS) is 14.1. The van der Waals surface area contributed by atoms with E-state index in [-0.39, 0.29) is 19.1 Å². The first-order valence-electron chi connectivity index (χ1n) is 12.9. The third-order valence-corrected chi connectivity index (χ3v) is 6.66. The molecular weight excluding hydrogens is 508 g/mol. The Balaban J connectivity index is 1.50. The lowest BCUT2D eigenvalue weighted by molar-refractivity contribution is 0.0521. The van der Waals surface area contributed by atoms with Crippen LogP contribution in [-0.2, 0) is 11.3 Å². The molecule has 8 nitrogen and oxygen atoms in total. The van der Waals surface area contributed by atoms with Gasteiger partial charge in [0.15, 0.2) is 0 Å². The molecule has 5 rings (SSSR count). The van der Waals surface area contributed by atoms with Crippen LogP contribution in [0.2, 0.25) is 0 Å². The van der Waals surface area contributed by atoms with Gasteiger partial charge < -0.3 is 24.3 Å². The molecule has 0 spiro atoms. The van der Waals surface area contributed by atoms with Crippen molar-refractivity contribution < 1.29 is 28.5 Å². The topological polar surface area (TPSA) is 86.3 Å². The SMILES string of the molecule is CCOC(=O)c1ccccc1OCc1cc(C2Nc3ccccc3C(=O)N2c2ccc(OC)cc2)ccc1OC. The van der Waals surface area contributed by atoms with Crippen molar-refractivity contribution in [3.05, 3.63) is 113 Å². The van der Waals surface area contributed by atoms with Crippen LogP contribution < -0.4 is 24.4 Å². The maximum Gasteiger partial charge on any atom is 0.341 e. The number of hydrogen-bond donors (Lipinski definition) is 1. The van der Waals surface area contributed by atoms with E-state index in [0.29, 0.717) is 28.4 Å². The quantitative estimate of drug-likeness (QED) is 0.253. The predicted octanol–water partition coefficient (Wildman–Crippen LogP) is 6.23. The molecular formula is C32H30N2O6. The third kappa shape index (κ3) is 5.29. The molecule has 0 radical (unpaired) electrons. The Hall–Kier alpha value is -4.98. The minimum Gasteiger partial charge on any atom is -0.497 e. The molecule has 0 fully saturated rings. The Labute approximate surface area is 233 Å². The summed E-state index contributed by atoms with van der Waals surface area (Å²) in [5.74, 6) is 1.16. The first-order chi connectivity index (χ1) is 19.5. The number of esters is 1. The zero-order valence-corrected chi connectivity index (χ0v) is 22.5. The second kappa shape index (κ2) is 11.8. The smallest absolute Gasteiger partial charge is 0.341 e. The number of nitrogens with zero attached hydrogens (tertiary/aromatic N) is 1. The van der Waals surface area contributed by atoms with E-state index in [0.717, 1.165) is 22.5 Å². The van der Waals surface area contributed by atoms with Gasteiger partial charge in [-0.2, -0.15) is 0 Å². The number of hydrogen-bond acceptors (Lipinski definition) is 7. The molecule has 1 aliphatic rings. The number of amides is 1. The lowest BCUT2D eigenvalue weighted by atomic mass is 10.0. The molecule has 1 N–H and O–H groups in total. The molecule has 40 heavy (non-hydrogen) atoms. The Bertz CT molecular complexity index is 1520. The summed E-state index contributed by atoms with van der Waals surface area (Å²) in [6, 6.07) is 27.5. The summed E-state index contributed by atoms with van der Waals surface area (Å²) in [5.41, 5.74) is 3.98. The van der Waals surface area contributed by atoms with Crippen molar-refractivity contribution in [1.29, 1.82) is 0 Å². The molecule has 1 heterocycles. The van der Waals surface area contributed by atoms with Gasteiger partial charge in [-0.25, -0.2) is 4.79 Å². The van der Waals surface area contributed by atoms with Crippen LogP contribution in [0.1, 0.15) is 44.9 Å². The second-order valence-corrected chi connectivity index (χ2v) is 9.04. The zero-order valence-electron chi connectivity index (χ0n) is 22.5. The Morgan fingerprint density at radius 2 is 1.62 bits per heavy atom. The molecule has 0 saturated heterocycles. The molecule has 1 atom stereocenters.